The predicted molar refractivity (Wildman–Crippen MR) is 83.5 cm³/mol. The highest BCUT2D eigenvalue weighted by Gasteiger charge is 2.15. The van der Waals surface area contributed by atoms with E-state index in [-0.39, 0.29) is 5.91 Å². The molecule has 0 aliphatic carbocycles. The minimum Gasteiger partial charge on any atom is -0.497 e. The first-order valence-electron chi connectivity index (χ1n) is 8.01. The summed E-state index contributed by atoms with van der Waals surface area (Å²) >= 11 is 0. The SMILES string of the molecule is COc1ccc(CNC(=O)C[NH+]2CCCCCCC2)cc1. The summed E-state index contributed by atoms with van der Waals surface area (Å²) in [5.41, 5.74) is 1.10. The Kier molecular flexibility index (Phi) is 6.54. The number of likely N-dealkylation sites (tertiary alicyclic amines) is 1. The molecule has 1 aliphatic heterocycles. The summed E-state index contributed by atoms with van der Waals surface area (Å²) in [4.78, 5) is 13.5. The van der Waals surface area contributed by atoms with Crippen LogP contribution < -0.4 is 15.0 Å². The zero-order chi connectivity index (χ0) is 14.9. The molecule has 1 aliphatic rings. The van der Waals surface area contributed by atoms with Gasteiger partial charge in [-0.3, -0.25) is 4.79 Å². The van der Waals surface area contributed by atoms with E-state index in [4.69, 9.17) is 4.74 Å². The number of hydrogen-bond donors (Lipinski definition) is 2. The van der Waals surface area contributed by atoms with Crippen LogP contribution in [0.2, 0.25) is 0 Å². The van der Waals surface area contributed by atoms with Crippen LogP contribution in [-0.2, 0) is 11.3 Å². The molecule has 0 spiro atoms. The number of hydrogen-bond acceptors (Lipinski definition) is 2. The van der Waals surface area contributed by atoms with Crippen molar-refractivity contribution < 1.29 is 14.4 Å². The van der Waals surface area contributed by atoms with Crippen molar-refractivity contribution in [3.63, 3.8) is 0 Å². The van der Waals surface area contributed by atoms with Crippen molar-refractivity contribution in [2.45, 2.75) is 38.6 Å². The van der Waals surface area contributed by atoms with Gasteiger partial charge in [-0.15, -0.1) is 0 Å². The maximum absolute atomic E-state index is 12.0. The largest absolute Gasteiger partial charge is 0.497 e. The van der Waals surface area contributed by atoms with E-state index < -0.39 is 0 Å². The quantitative estimate of drug-likeness (QED) is 0.855. The van der Waals surface area contributed by atoms with E-state index >= 15 is 0 Å². The molecule has 4 nitrogen and oxygen atoms in total. The van der Waals surface area contributed by atoms with E-state index in [9.17, 15) is 4.79 Å². The maximum atomic E-state index is 12.0. The van der Waals surface area contributed by atoms with Gasteiger partial charge >= 0.3 is 0 Å². The number of ether oxygens (including phenoxy) is 1. The number of rotatable bonds is 5. The van der Waals surface area contributed by atoms with Gasteiger partial charge < -0.3 is 15.0 Å². The summed E-state index contributed by atoms with van der Waals surface area (Å²) in [5, 5.41) is 3.02. The summed E-state index contributed by atoms with van der Waals surface area (Å²) in [6.45, 7) is 3.47. The molecule has 1 aromatic carbocycles. The topological polar surface area (TPSA) is 42.8 Å². The summed E-state index contributed by atoms with van der Waals surface area (Å²) < 4.78 is 5.13. The Morgan fingerprint density at radius 3 is 2.33 bits per heavy atom. The molecule has 1 saturated heterocycles. The van der Waals surface area contributed by atoms with Gasteiger partial charge in [0.2, 0.25) is 0 Å². The lowest BCUT2D eigenvalue weighted by Crippen LogP contribution is -3.13. The van der Waals surface area contributed by atoms with Crippen molar-refractivity contribution in [3.8, 4) is 5.75 Å². The van der Waals surface area contributed by atoms with E-state index in [0.717, 1.165) is 24.4 Å². The van der Waals surface area contributed by atoms with Crippen molar-refractivity contribution in [2.24, 2.45) is 0 Å². The molecule has 1 amide bonds. The van der Waals surface area contributed by atoms with Crippen LogP contribution in [0.5, 0.6) is 5.75 Å². The van der Waals surface area contributed by atoms with Crippen molar-refractivity contribution in [3.05, 3.63) is 29.8 Å². The van der Waals surface area contributed by atoms with Crippen molar-refractivity contribution >= 4 is 5.91 Å². The average molecular weight is 291 g/mol. The molecular formula is C17H27N2O2+. The van der Waals surface area contributed by atoms with Crippen molar-refractivity contribution in [1.29, 1.82) is 0 Å². The number of nitrogens with one attached hydrogen (secondary N) is 2. The molecule has 116 valence electrons. The monoisotopic (exact) mass is 291 g/mol. The molecule has 0 atom stereocenters. The lowest BCUT2D eigenvalue weighted by molar-refractivity contribution is -0.893. The molecule has 21 heavy (non-hydrogen) atoms. The smallest absolute Gasteiger partial charge is 0.275 e. The fourth-order valence-corrected chi connectivity index (χ4v) is 2.82. The summed E-state index contributed by atoms with van der Waals surface area (Å²) in [6.07, 6.45) is 6.49. The minimum absolute atomic E-state index is 0.154. The van der Waals surface area contributed by atoms with E-state index in [1.54, 1.807) is 7.11 Å². The van der Waals surface area contributed by atoms with Crippen LogP contribution in [0.3, 0.4) is 0 Å². The second-order valence-electron chi connectivity index (χ2n) is 5.82. The van der Waals surface area contributed by atoms with Crippen LogP contribution in [0.4, 0.5) is 0 Å². The fourth-order valence-electron chi connectivity index (χ4n) is 2.82. The fraction of sp³-hybridized carbons (Fsp3) is 0.588. The number of carbonyl (C=O) groups excluding carboxylic acids is 1. The molecule has 1 aromatic rings. The van der Waals surface area contributed by atoms with Crippen LogP contribution in [-0.4, -0.2) is 32.7 Å². The molecule has 1 fully saturated rings. The van der Waals surface area contributed by atoms with Crippen molar-refractivity contribution in [1.82, 2.24) is 5.32 Å². The first-order chi connectivity index (χ1) is 10.3. The molecule has 2 rings (SSSR count). The predicted octanol–water partition coefficient (Wildman–Crippen LogP) is 1.16. The highest BCUT2D eigenvalue weighted by molar-refractivity contribution is 5.76. The number of quaternary nitrogens is 1. The number of carbonyl (C=O) groups is 1. The maximum Gasteiger partial charge on any atom is 0.275 e. The Morgan fingerprint density at radius 1 is 1.10 bits per heavy atom. The van der Waals surface area contributed by atoms with Gasteiger partial charge in [0.05, 0.1) is 20.2 Å². The van der Waals surface area contributed by atoms with E-state index in [0.29, 0.717) is 13.1 Å². The first-order valence-corrected chi connectivity index (χ1v) is 8.01. The normalized spacial score (nSPS) is 16.8. The van der Waals surface area contributed by atoms with Gasteiger partial charge in [0.15, 0.2) is 6.54 Å². The zero-order valence-corrected chi connectivity index (χ0v) is 13.0. The van der Waals surface area contributed by atoms with Gasteiger partial charge in [-0.25, -0.2) is 0 Å². The molecule has 0 radical (unpaired) electrons. The average Bonchev–Trinajstić information content (AvgIpc) is 2.48. The third-order valence-electron chi connectivity index (χ3n) is 4.12. The van der Waals surface area contributed by atoms with E-state index in [2.05, 4.69) is 5.32 Å². The lowest BCUT2D eigenvalue weighted by Gasteiger charge is -2.21. The number of methoxy groups -OCH3 is 1. The minimum atomic E-state index is 0.154. The van der Waals surface area contributed by atoms with E-state index in [1.807, 2.05) is 24.3 Å². The van der Waals surface area contributed by atoms with Gasteiger partial charge in [0.1, 0.15) is 5.75 Å². The summed E-state index contributed by atoms with van der Waals surface area (Å²) in [6, 6.07) is 7.82. The molecule has 0 saturated carbocycles. The Balaban J connectivity index is 1.72. The molecular weight excluding hydrogens is 264 g/mol. The summed E-state index contributed by atoms with van der Waals surface area (Å²) in [7, 11) is 1.66. The third kappa shape index (κ3) is 5.76. The molecule has 0 unspecified atom stereocenters. The molecule has 1 heterocycles. The Bertz CT molecular complexity index is 423. The molecule has 4 heteroatoms. The standard InChI is InChI=1S/C17H26N2O2/c1-21-16-9-7-15(8-10-16)13-18-17(20)14-19-11-5-3-2-4-6-12-19/h7-10H,2-6,11-14H2,1H3,(H,18,20)/p+1. The van der Waals surface area contributed by atoms with E-state index in [1.165, 1.54) is 37.0 Å². The van der Waals surface area contributed by atoms with Crippen LogP contribution >= 0.6 is 0 Å². The van der Waals surface area contributed by atoms with Gasteiger partial charge in [0.25, 0.3) is 5.91 Å². The Morgan fingerprint density at radius 2 is 1.71 bits per heavy atom. The molecule has 0 aromatic heterocycles. The Labute approximate surface area is 127 Å². The van der Waals surface area contributed by atoms with Gasteiger partial charge in [-0.2, -0.15) is 0 Å². The molecule has 0 bridgehead atoms. The zero-order valence-electron chi connectivity index (χ0n) is 13.0. The first kappa shape index (κ1) is 15.8. The summed E-state index contributed by atoms with van der Waals surface area (Å²) in [5.74, 6) is 0.997. The van der Waals surface area contributed by atoms with Crippen LogP contribution in [0.15, 0.2) is 24.3 Å². The second kappa shape index (κ2) is 8.67. The number of benzene rings is 1. The molecule has 2 N–H and O–H groups in total. The van der Waals surface area contributed by atoms with Crippen LogP contribution in [0.1, 0.15) is 37.7 Å². The Hall–Kier alpha value is -1.55. The van der Waals surface area contributed by atoms with Gasteiger partial charge in [-0.1, -0.05) is 18.6 Å². The van der Waals surface area contributed by atoms with Crippen LogP contribution in [0, 0.1) is 0 Å². The number of amides is 1. The highest BCUT2D eigenvalue weighted by atomic mass is 16.5. The van der Waals surface area contributed by atoms with Crippen LogP contribution in [0.25, 0.3) is 0 Å². The lowest BCUT2D eigenvalue weighted by atomic mass is 10.1. The van der Waals surface area contributed by atoms with Gasteiger partial charge in [-0.05, 0) is 43.4 Å². The van der Waals surface area contributed by atoms with Crippen molar-refractivity contribution in [2.75, 3.05) is 26.7 Å². The third-order valence-corrected chi connectivity index (χ3v) is 4.12. The highest BCUT2D eigenvalue weighted by Crippen LogP contribution is 2.10. The second-order valence-corrected chi connectivity index (χ2v) is 5.82. The van der Waals surface area contributed by atoms with Gasteiger partial charge in [0, 0.05) is 6.54 Å².